The van der Waals surface area contributed by atoms with Crippen LogP contribution in [0, 0.1) is 22.7 Å². The number of rotatable bonds is 4. The summed E-state index contributed by atoms with van der Waals surface area (Å²) in [6.07, 6.45) is 0. The number of aromatic nitrogens is 2. The fourth-order valence-corrected chi connectivity index (χ4v) is 7.25. The van der Waals surface area contributed by atoms with Crippen molar-refractivity contribution < 1.29 is 0 Å². The number of nitriles is 2. The highest BCUT2D eigenvalue weighted by Crippen LogP contribution is 2.38. The normalized spacial score (nSPS) is 11.3. The Hall–Kier alpha value is -6.88. The van der Waals surface area contributed by atoms with E-state index in [9.17, 15) is 10.5 Å². The maximum atomic E-state index is 10.2. The summed E-state index contributed by atoms with van der Waals surface area (Å²) in [6, 6.07) is 58.9. The highest BCUT2D eigenvalue weighted by Gasteiger charge is 2.17. The van der Waals surface area contributed by atoms with Crippen molar-refractivity contribution in [2.45, 2.75) is 0 Å². The van der Waals surface area contributed by atoms with Gasteiger partial charge in [-0.2, -0.15) is 10.5 Å². The zero-order valence-electron chi connectivity index (χ0n) is 25.8. The minimum atomic E-state index is 0.622. The van der Waals surface area contributed by atoms with Crippen LogP contribution < -0.4 is 0 Å². The van der Waals surface area contributed by atoms with Gasteiger partial charge in [0.25, 0.3) is 0 Å². The molecule has 0 saturated carbocycles. The summed E-state index contributed by atoms with van der Waals surface area (Å²) in [5, 5.41) is 24.5. The Morgan fingerprint density at radius 3 is 1.60 bits per heavy atom. The van der Waals surface area contributed by atoms with E-state index in [2.05, 4.69) is 137 Å². The fraction of sp³-hybridized carbons (Fsp3) is 0. The van der Waals surface area contributed by atoms with Crippen LogP contribution in [0.15, 0.2) is 158 Å². The van der Waals surface area contributed by atoms with Crippen molar-refractivity contribution in [2.75, 3.05) is 0 Å². The Bertz CT molecular complexity index is 2750. The van der Waals surface area contributed by atoms with Gasteiger partial charge in [-0.05, 0) is 71.8 Å². The molecule has 2 aromatic heterocycles. The van der Waals surface area contributed by atoms with Crippen LogP contribution in [0.5, 0.6) is 0 Å². The third-order valence-electron chi connectivity index (χ3n) is 9.42. The van der Waals surface area contributed by atoms with Crippen molar-refractivity contribution in [1.82, 2.24) is 9.13 Å². The zero-order chi connectivity index (χ0) is 32.2. The van der Waals surface area contributed by atoms with Gasteiger partial charge in [-0.25, -0.2) is 0 Å². The van der Waals surface area contributed by atoms with Crippen LogP contribution in [0.4, 0.5) is 0 Å². The van der Waals surface area contributed by atoms with Gasteiger partial charge in [0.05, 0.1) is 51.0 Å². The smallest absolute Gasteiger partial charge is 0.0998 e. The van der Waals surface area contributed by atoms with Crippen LogP contribution in [0.1, 0.15) is 11.1 Å². The molecule has 0 unspecified atom stereocenters. The van der Waals surface area contributed by atoms with Crippen molar-refractivity contribution in [1.29, 1.82) is 10.5 Å². The van der Waals surface area contributed by atoms with E-state index in [0.717, 1.165) is 66.5 Å². The lowest BCUT2D eigenvalue weighted by Gasteiger charge is -2.15. The molecule has 4 heteroatoms. The summed E-state index contributed by atoms with van der Waals surface area (Å²) in [6.45, 7) is 0. The fourth-order valence-electron chi connectivity index (χ4n) is 7.25. The molecule has 0 bridgehead atoms. The summed E-state index contributed by atoms with van der Waals surface area (Å²) in [5.74, 6) is 0. The summed E-state index contributed by atoms with van der Waals surface area (Å²) in [7, 11) is 0. The summed E-state index contributed by atoms with van der Waals surface area (Å²) in [5.41, 5.74) is 11.7. The molecule has 222 valence electrons. The molecule has 0 amide bonds. The molecule has 7 aromatic carbocycles. The second kappa shape index (κ2) is 10.9. The molecule has 9 rings (SSSR count). The number of fused-ring (bicyclic) bond motifs is 6. The second-order valence-electron chi connectivity index (χ2n) is 12.0. The average molecular weight is 611 g/mol. The van der Waals surface area contributed by atoms with Gasteiger partial charge in [0, 0.05) is 38.4 Å². The first-order valence-electron chi connectivity index (χ1n) is 15.9. The highest BCUT2D eigenvalue weighted by atomic mass is 15.0. The molecule has 4 nitrogen and oxygen atoms in total. The molecule has 0 aliphatic carbocycles. The number of nitrogens with zero attached hydrogens (tertiary/aromatic N) is 4. The van der Waals surface area contributed by atoms with Crippen molar-refractivity contribution in [3.05, 3.63) is 169 Å². The number of hydrogen-bond acceptors (Lipinski definition) is 2. The number of hydrogen-bond donors (Lipinski definition) is 0. The Balaban J connectivity index is 1.19. The molecule has 0 spiro atoms. The quantitative estimate of drug-likeness (QED) is 0.199. The van der Waals surface area contributed by atoms with Gasteiger partial charge >= 0.3 is 0 Å². The van der Waals surface area contributed by atoms with E-state index in [1.54, 1.807) is 0 Å². The predicted octanol–water partition coefficient (Wildman–Crippen LogP) is 11.0. The molecule has 0 fully saturated rings. The van der Waals surface area contributed by atoms with E-state index >= 15 is 0 Å². The number of benzene rings is 7. The van der Waals surface area contributed by atoms with Crippen molar-refractivity contribution in [3.63, 3.8) is 0 Å². The average Bonchev–Trinajstić information content (AvgIpc) is 3.67. The van der Waals surface area contributed by atoms with E-state index in [-0.39, 0.29) is 0 Å². The molecule has 0 atom stereocenters. The third-order valence-corrected chi connectivity index (χ3v) is 9.42. The lowest BCUT2D eigenvalue weighted by atomic mass is 9.94. The topological polar surface area (TPSA) is 57.4 Å². The first kappa shape index (κ1) is 27.4. The molecule has 48 heavy (non-hydrogen) atoms. The Morgan fingerprint density at radius 2 is 0.958 bits per heavy atom. The molecule has 0 aliphatic rings. The minimum Gasteiger partial charge on any atom is -0.309 e. The first-order valence-corrected chi connectivity index (χ1v) is 15.9. The van der Waals surface area contributed by atoms with Crippen LogP contribution in [0.3, 0.4) is 0 Å². The molecular weight excluding hydrogens is 585 g/mol. The standard InChI is InChI=1S/C44H26N4/c45-27-29-17-24-38-37-12-2-6-14-41(37)47(44(38)25-29)33-22-20-30(21-23-33)39-26-31(18-19-32(39)28-46)34-9-1-5-13-40(34)48-42-15-7-3-10-35(42)36-11-4-8-16-43(36)48/h1-26H. The lowest BCUT2D eigenvalue weighted by molar-refractivity contribution is 1.18. The third kappa shape index (κ3) is 4.14. The van der Waals surface area contributed by atoms with E-state index < -0.39 is 0 Å². The van der Waals surface area contributed by atoms with Crippen molar-refractivity contribution >= 4 is 43.6 Å². The number of para-hydroxylation sites is 4. The Morgan fingerprint density at radius 1 is 0.396 bits per heavy atom. The first-order chi connectivity index (χ1) is 23.7. The summed E-state index contributed by atoms with van der Waals surface area (Å²) < 4.78 is 4.55. The van der Waals surface area contributed by atoms with Gasteiger partial charge in [0.2, 0.25) is 0 Å². The van der Waals surface area contributed by atoms with E-state index in [1.165, 1.54) is 10.8 Å². The summed E-state index contributed by atoms with van der Waals surface area (Å²) >= 11 is 0. The van der Waals surface area contributed by atoms with Crippen molar-refractivity contribution in [3.8, 4) is 45.8 Å². The SMILES string of the molecule is N#Cc1ccc2c3ccccc3n(-c3ccc(-c4cc(-c5ccccc5-n5c6ccccc6c6ccccc65)ccc4C#N)cc3)c2c1. The lowest BCUT2D eigenvalue weighted by Crippen LogP contribution is -1.97. The van der Waals surface area contributed by atoms with Crippen LogP contribution in [0.25, 0.3) is 77.2 Å². The maximum Gasteiger partial charge on any atom is 0.0998 e. The van der Waals surface area contributed by atoms with E-state index in [1.807, 2.05) is 42.5 Å². The van der Waals surface area contributed by atoms with Gasteiger partial charge in [-0.1, -0.05) is 97.1 Å². The molecule has 0 radical (unpaired) electrons. The largest absolute Gasteiger partial charge is 0.309 e. The van der Waals surface area contributed by atoms with Gasteiger partial charge in [0.15, 0.2) is 0 Å². The molecular formula is C44H26N4. The van der Waals surface area contributed by atoms with E-state index in [0.29, 0.717) is 11.1 Å². The van der Waals surface area contributed by atoms with Gasteiger partial charge in [-0.3, -0.25) is 0 Å². The molecule has 0 saturated heterocycles. The van der Waals surface area contributed by atoms with Crippen LogP contribution >= 0.6 is 0 Å². The van der Waals surface area contributed by atoms with Gasteiger partial charge in [0.1, 0.15) is 0 Å². The van der Waals surface area contributed by atoms with Gasteiger partial charge in [-0.15, -0.1) is 0 Å². The monoisotopic (exact) mass is 610 g/mol. The van der Waals surface area contributed by atoms with Crippen LogP contribution in [-0.2, 0) is 0 Å². The molecule has 0 aliphatic heterocycles. The zero-order valence-corrected chi connectivity index (χ0v) is 25.8. The molecule has 2 heterocycles. The van der Waals surface area contributed by atoms with Crippen LogP contribution in [0.2, 0.25) is 0 Å². The second-order valence-corrected chi connectivity index (χ2v) is 12.0. The predicted molar refractivity (Wildman–Crippen MR) is 195 cm³/mol. The minimum absolute atomic E-state index is 0.622. The maximum absolute atomic E-state index is 10.2. The van der Waals surface area contributed by atoms with E-state index in [4.69, 9.17) is 0 Å². The Kier molecular flexibility index (Phi) is 6.22. The van der Waals surface area contributed by atoms with Crippen molar-refractivity contribution in [2.24, 2.45) is 0 Å². The summed E-state index contributed by atoms with van der Waals surface area (Å²) in [4.78, 5) is 0. The Labute approximate surface area is 277 Å². The molecule has 9 aromatic rings. The highest BCUT2D eigenvalue weighted by molar-refractivity contribution is 6.10. The van der Waals surface area contributed by atoms with Gasteiger partial charge < -0.3 is 9.13 Å². The molecule has 0 N–H and O–H groups in total. The van der Waals surface area contributed by atoms with Crippen LogP contribution in [-0.4, -0.2) is 9.13 Å².